The van der Waals surface area contributed by atoms with E-state index in [-0.39, 0.29) is 30.5 Å². The highest BCUT2D eigenvalue weighted by atomic mass is 16.6. The fourth-order valence-electron chi connectivity index (χ4n) is 4.89. The number of piperidine rings is 1. The molecule has 10 nitrogen and oxygen atoms in total. The number of aromatic nitrogens is 1. The highest BCUT2D eigenvalue weighted by Crippen LogP contribution is 2.31. The van der Waals surface area contributed by atoms with Gasteiger partial charge in [0.2, 0.25) is 11.8 Å². The summed E-state index contributed by atoms with van der Waals surface area (Å²) >= 11 is 0. The van der Waals surface area contributed by atoms with Gasteiger partial charge in [0.05, 0.1) is 11.9 Å². The van der Waals surface area contributed by atoms with E-state index in [1.165, 1.54) is 15.9 Å². The van der Waals surface area contributed by atoms with Crippen molar-refractivity contribution in [1.82, 2.24) is 15.2 Å². The van der Waals surface area contributed by atoms with Crippen LogP contribution in [0.2, 0.25) is 0 Å². The topological polar surface area (TPSA) is 112 Å². The number of amides is 4. The number of pyridine rings is 1. The fraction of sp³-hybridized carbons (Fsp3) is 0.400. The first-order valence-electron chi connectivity index (χ1n) is 11.8. The Morgan fingerprint density at radius 1 is 1.14 bits per heavy atom. The van der Waals surface area contributed by atoms with Gasteiger partial charge in [-0.1, -0.05) is 6.07 Å². The van der Waals surface area contributed by atoms with Gasteiger partial charge in [-0.05, 0) is 56.0 Å². The van der Waals surface area contributed by atoms with Crippen molar-refractivity contribution in [2.24, 2.45) is 0 Å². The van der Waals surface area contributed by atoms with Crippen molar-refractivity contribution >= 4 is 35.3 Å². The molecule has 1 aromatic carbocycles. The van der Waals surface area contributed by atoms with E-state index in [9.17, 15) is 19.2 Å². The van der Waals surface area contributed by atoms with Crippen LogP contribution >= 0.6 is 0 Å². The number of anilines is 2. The van der Waals surface area contributed by atoms with Gasteiger partial charge in [0.1, 0.15) is 17.6 Å². The van der Waals surface area contributed by atoms with E-state index in [0.29, 0.717) is 23.7 Å². The van der Waals surface area contributed by atoms with Gasteiger partial charge < -0.3 is 14.5 Å². The van der Waals surface area contributed by atoms with Crippen molar-refractivity contribution in [3.05, 3.63) is 47.7 Å². The highest BCUT2D eigenvalue weighted by molar-refractivity contribution is 6.05. The maximum absolute atomic E-state index is 13.0. The lowest BCUT2D eigenvalue weighted by Crippen LogP contribution is -2.52. The van der Waals surface area contributed by atoms with Crippen LogP contribution < -0.4 is 19.9 Å². The molecule has 4 heterocycles. The Balaban J connectivity index is 1.25. The summed E-state index contributed by atoms with van der Waals surface area (Å²) in [4.78, 5) is 59.0. The smallest absolute Gasteiger partial charge is 0.410 e. The van der Waals surface area contributed by atoms with Crippen LogP contribution in [0.4, 0.5) is 16.3 Å². The van der Waals surface area contributed by atoms with Gasteiger partial charge in [-0.3, -0.25) is 24.6 Å². The first kappa shape index (κ1) is 22.8. The molecule has 3 aliphatic heterocycles. The van der Waals surface area contributed by atoms with Crippen molar-refractivity contribution in [3.8, 4) is 5.75 Å². The summed E-state index contributed by atoms with van der Waals surface area (Å²) in [7, 11) is 1.60. The Labute approximate surface area is 202 Å². The zero-order valence-corrected chi connectivity index (χ0v) is 19.7. The first-order valence-corrected chi connectivity index (χ1v) is 11.8. The number of carbonyl (C=O) groups is 4. The minimum atomic E-state index is -0.691. The molecule has 10 heteroatoms. The third kappa shape index (κ3) is 4.31. The molecule has 0 aliphatic carbocycles. The lowest BCUT2D eigenvalue weighted by atomic mass is 10.0. The Hall–Kier alpha value is -3.95. The van der Waals surface area contributed by atoms with Gasteiger partial charge in [-0.25, -0.2) is 9.78 Å². The molecule has 2 aromatic rings. The predicted octanol–water partition coefficient (Wildman–Crippen LogP) is 2.47. The number of hydrogen-bond acceptors (Lipinski definition) is 7. The average Bonchev–Trinajstić information content (AvgIpc) is 3.42. The third-order valence-electron chi connectivity index (χ3n) is 6.95. The Morgan fingerprint density at radius 2 is 1.97 bits per heavy atom. The SMILES string of the molecule is C[C@H]1CCCN1c1ccc(N(C)C(=O)Oc2ccc3c(c2)C(=O)N(C2CCC(=O)NC2=O)C3)cn1. The van der Waals surface area contributed by atoms with E-state index in [4.69, 9.17) is 4.74 Å². The molecule has 2 atom stereocenters. The molecular formula is C25H27N5O5. The lowest BCUT2D eigenvalue weighted by Gasteiger charge is -2.29. The molecule has 35 heavy (non-hydrogen) atoms. The molecular weight excluding hydrogens is 450 g/mol. The maximum Gasteiger partial charge on any atom is 0.419 e. The van der Waals surface area contributed by atoms with Crippen molar-refractivity contribution in [2.45, 2.75) is 51.2 Å². The largest absolute Gasteiger partial charge is 0.419 e. The van der Waals surface area contributed by atoms with Gasteiger partial charge >= 0.3 is 6.09 Å². The summed E-state index contributed by atoms with van der Waals surface area (Å²) in [5.41, 5.74) is 1.71. The van der Waals surface area contributed by atoms with Gasteiger partial charge in [0, 0.05) is 38.2 Å². The molecule has 1 N–H and O–H groups in total. The number of nitrogens with zero attached hydrogens (tertiary/aromatic N) is 4. The van der Waals surface area contributed by atoms with Gasteiger partial charge in [0.25, 0.3) is 5.91 Å². The van der Waals surface area contributed by atoms with E-state index < -0.39 is 18.0 Å². The van der Waals surface area contributed by atoms with Crippen LogP contribution in [0.15, 0.2) is 36.5 Å². The Kier molecular flexibility index (Phi) is 5.88. The van der Waals surface area contributed by atoms with E-state index in [1.54, 1.807) is 25.4 Å². The number of nitrogens with one attached hydrogen (secondary N) is 1. The molecule has 0 saturated carbocycles. The van der Waals surface area contributed by atoms with Gasteiger partial charge in [-0.2, -0.15) is 0 Å². The molecule has 3 aliphatic rings. The van der Waals surface area contributed by atoms with E-state index in [0.717, 1.165) is 30.8 Å². The molecule has 2 saturated heterocycles. The van der Waals surface area contributed by atoms with Crippen molar-refractivity contribution < 1.29 is 23.9 Å². The molecule has 4 amide bonds. The molecule has 1 aromatic heterocycles. The number of carbonyl (C=O) groups excluding carboxylic acids is 4. The van der Waals surface area contributed by atoms with Crippen LogP contribution in [-0.2, 0) is 16.1 Å². The standard InChI is InChI=1S/C25H27N5O5/c1-15-4-3-11-29(15)21-9-6-17(13-26-21)28(2)25(34)35-18-7-5-16-14-30(24(33)19(16)12-18)20-8-10-22(31)27-23(20)32/h5-7,9,12-13,15,20H,3-4,8,10-11,14H2,1-2H3,(H,27,31,32)/t15-,20?/m0/s1. The van der Waals surface area contributed by atoms with Gasteiger partial charge in [-0.15, -0.1) is 0 Å². The quantitative estimate of drug-likeness (QED) is 0.673. The third-order valence-corrected chi connectivity index (χ3v) is 6.95. The second-order valence-corrected chi connectivity index (χ2v) is 9.21. The molecule has 2 fully saturated rings. The summed E-state index contributed by atoms with van der Waals surface area (Å²) in [6, 6.07) is 8.35. The molecule has 5 rings (SSSR count). The van der Waals surface area contributed by atoms with Gasteiger partial charge in [0.15, 0.2) is 0 Å². The summed E-state index contributed by atoms with van der Waals surface area (Å²) in [6.45, 7) is 3.42. The van der Waals surface area contributed by atoms with Crippen LogP contribution in [0.25, 0.3) is 0 Å². The van der Waals surface area contributed by atoms with Crippen molar-refractivity contribution in [1.29, 1.82) is 0 Å². The number of fused-ring (bicyclic) bond motifs is 1. The van der Waals surface area contributed by atoms with Crippen LogP contribution in [0, 0.1) is 0 Å². The summed E-state index contributed by atoms with van der Waals surface area (Å²) in [6.07, 6.45) is 3.81. The van der Waals surface area contributed by atoms with E-state index >= 15 is 0 Å². The van der Waals surface area contributed by atoms with Crippen LogP contribution in [-0.4, -0.2) is 59.4 Å². The molecule has 0 radical (unpaired) electrons. The Morgan fingerprint density at radius 3 is 2.66 bits per heavy atom. The zero-order chi connectivity index (χ0) is 24.7. The first-order chi connectivity index (χ1) is 16.8. The number of benzene rings is 1. The Bertz CT molecular complexity index is 1200. The summed E-state index contributed by atoms with van der Waals surface area (Å²) in [5.74, 6) is 0.00289. The van der Waals surface area contributed by atoms with Crippen molar-refractivity contribution in [3.63, 3.8) is 0 Å². The second kappa shape index (κ2) is 9.01. The number of imide groups is 1. The average molecular weight is 478 g/mol. The lowest BCUT2D eigenvalue weighted by molar-refractivity contribution is -0.136. The number of ether oxygens (including phenoxy) is 1. The predicted molar refractivity (Wildman–Crippen MR) is 127 cm³/mol. The monoisotopic (exact) mass is 477 g/mol. The van der Waals surface area contributed by atoms with E-state index in [2.05, 4.69) is 22.1 Å². The number of rotatable bonds is 4. The minimum Gasteiger partial charge on any atom is -0.410 e. The molecule has 182 valence electrons. The fourth-order valence-corrected chi connectivity index (χ4v) is 4.89. The minimum absolute atomic E-state index is 0.193. The summed E-state index contributed by atoms with van der Waals surface area (Å²) < 4.78 is 5.52. The zero-order valence-electron chi connectivity index (χ0n) is 19.7. The van der Waals surface area contributed by atoms with Crippen molar-refractivity contribution in [2.75, 3.05) is 23.4 Å². The molecule has 0 bridgehead atoms. The molecule has 0 spiro atoms. The highest BCUT2D eigenvalue weighted by Gasteiger charge is 2.39. The maximum atomic E-state index is 13.0. The normalized spacial score (nSPS) is 21.7. The second-order valence-electron chi connectivity index (χ2n) is 9.21. The van der Waals surface area contributed by atoms with Crippen LogP contribution in [0.3, 0.4) is 0 Å². The van der Waals surface area contributed by atoms with E-state index in [1.807, 2.05) is 12.1 Å². The number of hydrogen-bond donors (Lipinski definition) is 1. The molecule has 1 unspecified atom stereocenters. The van der Waals surface area contributed by atoms with Crippen LogP contribution in [0.1, 0.15) is 48.5 Å². The van der Waals surface area contributed by atoms with Crippen LogP contribution in [0.5, 0.6) is 5.75 Å². The summed E-state index contributed by atoms with van der Waals surface area (Å²) in [5, 5.41) is 2.29.